The van der Waals surface area contributed by atoms with E-state index in [0.29, 0.717) is 33.6 Å². The molecular formula is C24H22N2O5S. The van der Waals surface area contributed by atoms with Crippen LogP contribution >= 0.6 is 11.3 Å². The van der Waals surface area contributed by atoms with Gasteiger partial charge in [0.05, 0.1) is 18.5 Å². The first-order valence-corrected chi connectivity index (χ1v) is 11.0. The number of nitrogens with zero attached hydrogens (tertiary/aromatic N) is 2. The molecule has 0 radical (unpaired) electrons. The van der Waals surface area contributed by atoms with Crippen molar-refractivity contribution < 1.29 is 18.7 Å². The van der Waals surface area contributed by atoms with Crippen LogP contribution in [-0.2, 0) is 17.8 Å². The van der Waals surface area contributed by atoms with Gasteiger partial charge in [0.2, 0.25) is 5.91 Å². The van der Waals surface area contributed by atoms with Crippen molar-refractivity contribution in [3.05, 3.63) is 75.6 Å². The number of hydrogen-bond donors (Lipinski definition) is 0. The van der Waals surface area contributed by atoms with Crippen molar-refractivity contribution in [1.29, 1.82) is 0 Å². The van der Waals surface area contributed by atoms with E-state index in [0.717, 1.165) is 17.4 Å². The number of aryl methyl sites for hydroxylation is 1. The molecular weight excluding hydrogens is 428 g/mol. The van der Waals surface area contributed by atoms with E-state index in [9.17, 15) is 9.59 Å². The summed E-state index contributed by atoms with van der Waals surface area (Å²) >= 11 is 1.34. The minimum absolute atomic E-state index is 0.174. The maximum Gasteiger partial charge on any atom is 0.336 e. The number of carbonyl (C=O) groups excluding carboxylic acids is 1. The van der Waals surface area contributed by atoms with Gasteiger partial charge in [-0.25, -0.2) is 9.78 Å². The molecule has 0 N–H and O–H groups in total. The first-order valence-electron chi connectivity index (χ1n) is 10.1. The van der Waals surface area contributed by atoms with Gasteiger partial charge in [0.25, 0.3) is 0 Å². The number of para-hydroxylation sites is 2. The fourth-order valence-corrected chi connectivity index (χ4v) is 4.30. The van der Waals surface area contributed by atoms with Crippen LogP contribution in [0.5, 0.6) is 11.5 Å². The number of benzene rings is 2. The van der Waals surface area contributed by atoms with Crippen LogP contribution in [0, 0.1) is 0 Å². The maximum atomic E-state index is 12.4. The smallest absolute Gasteiger partial charge is 0.336 e. The number of aromatic nitrogens is 1. The summed E-state index contributed by atoms with van der Waals surface area (Å²) in [5.41, 5.74) is 2.35. The molecule has 0 saturated heterocycles. The standard InChI is InChI=1S/C24H22N2O5S/c1-4-16-11-23(28)31-22-12-18(9-10-19(16)22)30-13-17-14-32-24(25-17)26(15(2)27)20-7-5-6-8-21(20)29-3/h5-12,14H,4,13H2,1-3H3. The Morgan fingerprint density at radius 2 is 2.00 bits per heavy atom. The number of hydrogen-bond acceptors (Lipinski definition) is 7. The van der Waals surface area contributed by atoms with Gasteiger partial charge in [-0.2, -0.15) is 0 Å². The summed E-state index contributed by atoms with van der Waals surface area (Å²) in [5, 5.41) is 3.26. The summed E-state index contributed by atoms with van der Waals surface area (Å²) in [6.45, 7) is 3.68. The second-order valence-electron chi connectivity index (χ2n) is 7.04. The highest BCUT2D eigenvalue weighted by Crippen LogP contribution is 2.35. The van der Waals surface area contributed by atoms with Gasteiger partial charge in [-0.1, -0.05) is 19.1 Å². The Kier molecular flexibility index (Phi) is 6.23. The summed E-state index contributed by atoms with van der Waals surface area (Å²) in [7, 11) is 1.56. The molecule has 0 atom stereocenters. The number of carbonyl (C=O) groups is 1. The van der Waals surface area contributed by atoms with Crippen LogP contribution < -0.4 is 20.0 Å². The van der Waals surface area contributed by atoms with E-state index in [4.69, 9.17) is 13.9 Å². The number of fused-ring (bicyclic) bond motifs is 1. The summed E-state index contributed by atoms with van der Waals surface area (Å²) < 4.78 is 16.6. The Morgan fingerprint density at radius 3 is 2.75 bits per heavy atom. The molecule has 0 aliphatic heterocycles. The van der Waals surface area contributed by atoms with E-state index in [1.165, 1.54) is 29.2 Å². The molecule has 2 heterocycles. The Morgan fingerprint density at radius 1 is 1.19 bits per heavy atom. The normalized spacial score (nSPS) is 10.8. The Labute approximate surface area is 188 Å². The Hall–Kier alpha value is -3.65. The first kappa shape index (κ1) is 21.6. The summed E-state index contributed by atoms with van der Waals surface area (Å²) in [6.07, 6.45) is 0.739. The predicted molar refractivity (Wildman–Crippen MR) is 124 cm³/mol. The average molecular weight is 451 g/mol. The van der Waals surface area contributed by atoms with E-state index >= 15 is 0 Å². The van der Waals surface area contributed by atoms with Gasteiger partial charge in [-0.05, 0) is 36.2 Å². The lowest BCUT2D eigenvalue weighted by Gasteiger charge is -2.20. The molecule has 4 rings (SSSR count). The van der Waals surface area contributed by atoms with Crippen LogP contribution in [0.25, 0.3) is 11.0 Å². The third-order valence-electron chi connectivity index (χ3n) is 4.94. The zero-order valence-corrected chi connectivity index (χ0v) is 18.8. The molecule has 0 unspecified atom stereocenters. The monoisotopic (exact) mass is 450 g/mol. The first-order chi connectivity index (χ1) is 15.5. The van der Waals surface area contributed by atoms with E-state index < -0.39 is 0 Å². The number of amides is 1. The summed E-state index contributed by atoms with van der Waals surface area (Å²) in [4.78, 5) is 30.2. The largest absolute Gasteiger partial charge is 0.495 e. The molecule has 32 heavy (non-hydrogen) atoms. The molecule has 4 aromatic rings. The molecule has 0 spiro atoms. The molecule has 0 aliphatic rings. The van der Waals surface area contributed by atoms with Crippen LogP contribution in [0.15, 0.2) is 63.1 Å². The SMILES string of the molecule is CCc1cc(=O)oc2cc(OCc3csc(N(C(C)=O)c4ccccc4OC)n3)ccc12. The van der Waals surface area contributed by atoms with E-state index in [-0.39, 0.29) is 18.1 Å². The van der Waals surface area contributed by atoms with Gasteiger partial charge in [-0.15, -0.1) is 11.3 Å². The second-order valence-corrected chi connectivity index (χ2v) is 7.88. The van der Waals surface area contributed by atoms with Crippen molar-refractivity contribution in [3.8, 4) is 11.5 Å². The fraction of sp³-hybridized carbons (Fsp3) is 0.208. The van der Waals surface area contributed by atoms with Gasteiger partial charge in [0.1, 0.15) is 23.7 Å². The van der Waals surface area contributed by atoms with Crippen molar-refractivity contribution >= 4 is 39.0 Å². The third-order valence-corrected chi connectivity index (χ3v) is 5.82. The lowest BCUT2D eigenvalue weighted by molar-refractivity contribution is -0.115. The molecule has 0 saturated carbocycles. The van der Waals surface area contributed by atoms with Crippen molar-refractivity contribution in [3.63, 3.8) is 0 Å². The average Bonchev–Trinajstić information content (AvgIpc) is 3.25. The van der Waals surface area contributed by atoms with E-state index in [2.05, 4.69) is 4.98 Å². The topological polar surface area (TPSA) is 81.9 Å². The Bertz CT molecular complexity index is 1330. The van der Waals surface area contributed by atoms with Crippen LogP contribution in [-0.4, -0.2) is 18.0 Å². The van der Waals surface area contributed by atoms with Crippen LogP contribution in [0.1, 0.15) is 25.1 Å². The zero-order valence-electron chi connectivity index (χ0n) is 18.0. The lowest BCUT2D eigenvalue weighted by atomic mass is 10.1. The van der Waals surface area contributed by atoms with Gasteiger partial charge in [0.15, 0.2) is 5.13 Å². The molecule has 8 heteroatoms. The second kappa shape index (κ2) is 9.23. The number of rotatable bonds is 7. The molecule has 2 aromatic heterocycles. The van der Waals surface area contributed by atoms with Crippen LogP contribution in [0.4, 0.5) is 10.8 Å². The third kappa shape index (κ3) is 4.36. The number of thiazole rings is 1. The molecule has 164 valence electrons. The summed E-state index contributed by atoms with van der Waals surface area (Å²) in [6, 6.07) is 14.2. The van der Waals surface area contributed by atoms with Crippen LogP contribution in [0.2, 0.25) is 0 Å². The quantitative estimate of drug-likeness (QED) is 0.365. The highest BCUT2D eigenvalue weighted by atomic mass is 32.1. The minimum Gasteiger partial charge on any atom is -0.495 e. The van der Waals surface area contributed by atoms with E-state index in [1.807, 2.05) is 42.6 Å². The molecule has 7 nitrogen and oxygen atoms in total. The summed E-state index contributed by atoms with van der Waals surface area (Å²) in [5.74, 6) is 0.976. The zero-order chi connectivity index (χ0) is 22.7. The lowest BCUT2D eigenvalue weighted by Crippen LogP contribution is -2.23. The highest BCUT2D eigenvalue weighted by molar-refractivity contribution is 7.14. The minimum atomic E-state index is -0.378. The maximum absolute atomic E-state index is 12.4. The van der Waals surface area contributed by atoms with Crippen LogP contribution in [0.3, 0.4) is 0 Å². The number of ether oxygens (including phenoxy) is 2. The molecule has 0 aliphatic carbocycles. The van der Waals surface area contributed by atoms with Gasteiger partial charge in [0, 0.05) is 29.8 Å². The Balaban J connectivity index is 1.55. The molecule has 2 aromatic carbocycles. The predicted octanol–water partition coefficient (Wildman–Crippen LogP) is 5.08. The van der Waals surface area contributed by atoms with Crippen molar-refractivity contribution in [2.24, 2.45) is 0 Å². The fourth-order valence-electron chi connectivity index (χ4n) is 3.44. The van der Waals surface area contributed by atoms with E-state index in [1.54, 1.807) is 19.2 Å². The molecule has 1 amide bonds. The van der Waals surface area contributed by atoms with Crippen molar-refractivity contribution in [2.75, 3.05) is 12.0 Å². The van der Waals surface area contributed by atoms with Crippen molar-refractivity contribution in [2.45, 2.75) is 26.9 Å². The highest BCUT2D eigenvalue weighted by Gasteiger charge is 2.21. The van der Waals surface area contributed by atoms with Gasteiger partial charge < -0.3 is 13.9 Å². The molecule has 0 fully saturated rings. The van der Waals surface area contributed by atoms with Gasteiger partial charge >= 0.3 is 5.63 Å². The van der Waals surface area contributed by atoms with Gasteiger partial charge in [-0.3, -0.25) is 9.69 Å². The molecule has 0 bridgehead atoms. The van der Waals surface area contributed by atoms with Crippen molar-refractivity contribution in [1.82, 2.24) is 4.98 Å². The number of methoxy groups -OCH3 is 1. The number of anilines is 2.